The van der Waals surface area contributed by atoms with Crippen LogP contribution in [-0.2, 0) is 22.9 Å². The summed E-state index contributed by atoms with van der Waals surface area (Å²) in [6.45, 7) is 0.836. The van der Waals surface area contributed by atoms with Gasteiger partial charge in [0.05, 0.1) is 10.5 Å². The second kappa shape index (κ2) is 6.71. The Morgan fingerprint density at radius 1 is 1.23 bits per heavy atom. The molecule has 0 saturated carbocycles. The largest absolute Gasteiger partial charge is 0.365 e. The number of hydrogen-bond donors (Lipinski definition) is 1. The average molecular weight is 368 g/mol. The number of benzene rings is 1. The molecule has 1 aromatic carbocycles. The van der Waals surface area contributed by atoms with E-state index in [2.05, 4.69) is 16.4 Å². The van der Waals surface area contributed by atoms with Crippen LogP contribution in [-0.4, -0.2) is 36.8 Å². The molecular formula is C19H20N4O2S. The van der Waals surface area contributed by atoms with Crippen molar-refractivity contribution >= 4 is 15.8 Å². The second-order valence-electron chi connectivity index (χ2n) is 6.76. The summed E-state index contributed by atoms with van der Waals surface area (Å²) in [5.74, 6) is 0.581. The van der Waals surface area contributed by atoms with Crippen LogP contribution in [0.25, 0.3) is 0 Å². The van der Waals surface area contributed by atoms with Crippen molar-refractivity contribution in [2.24, 2.45) is 0 Å². The number of rotatable bonds is 4. The summed E-state index contributed by atoms with van der Waals surface area (Å²) in [5, 5.41) is 12.7. The molecule has 1 aliphatic heterocycles. The fraction of sp³-hybridized carbons (Fsp3) is 0.368. The number of nitriles is 1. The minimum atomic E-state index is -3.48. The molecule has 7 heteroatoms. The van der Waals surface area contributed by atoms with E-state index in [1.807, 2.05) is 6.07 Å². The number of fused-ring (bicyclic) bond motifs is 1. The molecule has 4 rings (SSSR count). The van der Waals surface area contributed by atoms with E-state index in [-0.39, 0.29) is 6.04 Å². The van der Waals surface area contributed by atoms with E-state index in [1.54, 1.807) is 30.3 Å². The molecule has 0 spiro atoms. The Kier molecular flexibility index (Phi) is 4.39. The highest BCUT2D eigenvalue weighted by atomic mass is 32.2. The number of pyridine rings is 1. The van der Waals surface area contributed by atoms with Crippen molar-refractivity contribution in [2.45, 2.75) is 36.6 Å². The highest BCUT2D eigenvalue weighted by Crippen LogP contribution is 2.27. The first-order valence-electron chi connectivity index (χ1n) is 8.82. The molecule has 134 valence electrons. The summed E-state index contributed by atoms with van der Waals surface area (Å²) in [6.07, 6.45) is 3.68. The number of aryl methyl sites for hydroxylation is 2. The van der Waals surface area contributed by atoms with Gasteiger partial charge in [-0.15, -0.1) is 0 Å². The van der Waals surface area contributed by atoms with E-state index in [1.165, 1.54) is 4.31 Å². The summed E-state index contributed by atoms with van der Waals surface area (Å²) in [7, 11) is -3.48. The molecule has 1 atom stereocenters. The van der Waals surface area contributed by atoms with Crippen LogP contribution in [0.2, 0.25) is 0 Å². The summed E-state index contributed by atoms with van der Waals surface area (Å²) in [6, 6.07) is 12.6. The lowest BCUT2D eigenvalue weighted by molar-refractivity contribution is 0.474. The van der Waals surface area contributed by atoms with Crippen LogP contribution in [0.3, 0.4) is 0 Å². The van der Waals surface area contributed by atoms with Gasteiger partial charge in [0.25, 0.3) is 0 Å². The third kappa shape index (κ3) is 3.06. The van der Waals surface area contributed by atoms with E-state index in [0.717, 1.165) is 30.5 Å². The average Bonchev–Trinajstić information content (AvgIpc) is 3.31. The second-order valence-corrected chi connectivity index (χ2v) is 8.70. The van der Waals surface area contributed by atoms with Gasteiger partial charge in [0.1, 0.15) is 11.9 Å². The van der Waals surface area contributed by atoms with Gasteiger partial charge in [-0.3, -0.25) is 0 Å². The third-order valence-electron chi connectivity index (χ3n) is 5.04. The predicted molar refractivity (Wildman–Crippen MR) is 98.2 cm³/mol. The van der Waals surface area contributed by atoms with Gasteiger partial charge >= 0.3 is 0 Å². The normalized spacial score (nSPS) is 19.9. The van der Waals surface area contributed by atoms with Gasteiger partial charge in [-0.1, -0.05) is 18.2 Å². The van der Waals surface area contributed by atoms with Gasteiger partial charge in [-0.2, -0.15) is 9.57 Å². The molecule has 1 fully saturated rings. The molecule has 1 saturated heterocycles. The van der Waals surface area contributed by atoms with Gasteiger partial charge in [0.15, 0.2) is 0 Å². The molecule has 1 aliphatic carbocycles. The van der Waals surface area contributed by atoms with Crippen molar-refractivity contribution in [1.82, 2.24) is 9.29 Å². The lowest BCUT2D eigenvalue weighted by atomic mass is 10.1. The molecule has 0 radical (unpaired) electrons. The topological polar surface area (TPSA) is 86.1 Å². The first-order valence-corrected chi connectivity index (χ1v) is 10.3. The van der Waals surface area contributed by atoms with Crippen molar-refractivity contribution in [3.05, 3.63) is 53.2 Å². The molecule has 2 aliphatic rings. The highest BCUT2D eigenvalue weighted by molar-refractivity contribution is 7.89. The molecule has 0 amide bonds. The molecular weight excluding hydrogens is 348 g/mol. The Morgan fingerprint density at radius 3 is 2.81 bits per heavy atom. The zero-order valence-corrected chi connectivity index (χ0v) is 15.2. The Hall–Kier alpha value is -2.43. The summed E-state index contributed by atoms with van der Waals surface area (Å²) in [5.41, 5.74) is 2.75. The van der Waals surface area contributed by atoms with Gasteiger partial charge in [0.2, 0.25) is 10.0 Å². The van der Waals surface area contributed by atoms with Crippen LogP contribution in [0, 0.1) is 11.3 Å². The number of nitrogens with zero attached hydrogens (tertiary/aromatic N) is 3. The molecule has 2 heterocycles. The number of aromatic nitrogens is 1. The van der Waals surface area contributed by atoms with E-state index >= 15 is 0 Å². The Labute approximate surface area is 153 Å². The van der Waals surface area contributed by atoms with Crippen molar-refractivity contribution in [3.8, 4) is 6.07 Å². The van der Waals surface area contributed by atoms with Crippen LogP contribution >= 0.6 is 0 Å². The van der Waals surface area contributed by atoms with Crippen molar-refractivity contribution in [2.75, 3.05) is 18.4 Å². The maximum absolute atomic E-state index is 12.7. The van der Waals surface area contributed by atoms with Crippen LogP contribution < -0.4 is 5.32 Å². The molecule has 0 unspecified atom stereocenters. The summed E-state index contributed by atoms with van der Waals surface area (Å²) in [4.78, 5) is 4.95. The van der Waals surface area contributed by atoms with E-state index in [0.29, 0.717) is 35.8 Å². The number of nitrogens with one attached hydrogen (secondary N) is 1. The van der Waals surface area contributed by atoms with Crippen molar-refractivity contribution in [3.63, 3.8) is 0 Å². The first-order chi connectivity index (χ1) is 12.6. The monoisotopic (exact) mass is 368 g/mol. The van der Waals surface area contributed by atoms with E-state index < -0.39 is 10.0 Å². The maximum Gasteiger partial charge on any atom is 0.243 e. The van der Waals surface area contributed by atoms with Crippen LogP contribution in [0.4, 0.5) is 5.82 Å². The quantitative estimate of drug-likeness (QED) is 0.895. The van der Waals surface area contributed by atoms with Gasteiger partial charge < -0.3 is 5.32 Å². The van der Waals surface area contributed by atoms with Gasteiger partial charge in [-0.25, -0.2) is 13.4 Å². The molecule has 26 heavy (non-hydrogen) atoms. The third-order valence-corrected chi connectivity index (χ3v) is 6.92. The predicted octanol–water partition coefficient (Wildman–Crippen LogP) is 2.32. The Bertz CT molecular complexity index is 967. The zero-order valence-electron chi connectivity index (χ0n) is 14.4. The van der Waals surface area contributed by atoms with Crippen LogP contribution in [0.1, 0.15) is 29.7 Å². The zero-order chi connectivity index (χ0) is 18.1. The van der Waals surface area contributed by atoms with Gasteiger partial charge in [-0.05, 0) is 49.4 Å². The lowest BCUT2D eigenvalue weighted by Crippen LogP contribution is -2.32. The number of anilines is 1. The number of sulfonamides is 1. The Balaban J connectivity index is 1.51. The standard InChI is InChI=1S/C19H20N4O2S/c20-12-15-11-14-5-4-8-18(14)22-19(15)21-16-9-10-23(13-16)26(24,25)17-6-2-1-3-7-17/h1-3,6-7,11,16H,4-5,8-10,13H2,(H,21,22)/t16-/m0/s1. The molecule has 0 bridgehead atoms. The smallest absolute Gasteiger partial charge is 0.243 e. The number of hydrogen-bond acceptors (Lipinski definition) is 5. The van der Waals surface area contributed by atoms with E-state index in [9.17, 15) is 13.7 Å². The van der Waals surface area contributed by atoms with Crippen molar-refractivity contribution < 1.29 is 8.42 Å². The van der Waals surface area contributed by atoms with Gasteiger partial charge in [0, 0.05) is 24.8 Å². The fourth-order valence-electron chi connectivity index (χ4n) is 3.67. The van der Waals surface area contributed by atoms with Crippen molar-refractivity contribution in [1.29, 1.82) is 5.26 Å². The molecule has 2 aromatic rings. The van der Waals surface area contributed by atoms with Crippen LogP contribution in [0.5, 0.6) is 0 Å². The minimum absolute atomic E-state index is 0.0486. The maximum atomic E-state index is 12.7. The molecule has 1 aromatic heterocycles. The van der Waals surface area contributed by atoms with Crippen LogP contribution in [0.15, 0.2) is 41.3 Å². The minimum Gasteiger partial charge on any atom is -0.365 e. The Morgan fingerprint density at radius 2 is 2.04 bits per heavy atom. The molecule has 6 nitrogen and oxygen atoms in total. The summed E-state index contributed by atoms with van der Waals surface area (Å²) < 4.78 is 27.0. The summed E-state index contributed by atoms with van der Waals surface area (Å²) >= 11 is 0. The lowest BCUT2D eigenvalue weighted by Gasteiger charge is -2.18. The SMILES string of the molecule is N#Cc1cc2c(nc1N[C@H]1CCN(S(=O)(=O)c3ccccc3)C1)CCC2. The first kappa shape index (κ1) is 17.0. The highest BCUT2D eigenvalue weighted by Gasteiger charge is 2.33. The fourth-order valence-corrected chi connectivity index (χ4v) is 5.19. The molecule has 1 N–H and O–H groups in total. The van der Waals surface area contributed by atoms with E-state index in [4.69, 9.17) is 0 Å².